The first-order valence-corrected chi connectivity index (χ1v) is 9.32. The standard InChI is InChI=1S/C18H30N2O2S/c1-14(22)17-9-15(12-23-17)10-19-6-7-20(13-18(2,3)4)16(11-19)5-8-21/h9,12,16,21H,5-8,10-11,13H2,1-4H3. The fourth-order valence-corrected chi connectivity index (χ4v) is 4.05. The van der Waals surface area contributed by atoms with Gasteiger partial charge in [-0.15, -0.1) is 11.3 Å². The van der Waals surface area contributed by atoms with E-state index >= 15 is 0 Å². The van der Waals surface area contributed by atoms with Crippen LogP contribution in [0.2, 0.25) is 0 Å². The number of carbonyl (C=O) groups excluding carboxylic acids is 1. The molecule has 5 heteroatoms. The summed E-state index contributed by atoms with van der Waals surface area (Å²) in [4.78, 5) is 17.3. The Morgan fingerprint density at radius 2 is 2.13 bits per heavy atom. The summed E-state index contributed by atoms with van der Waals surface area (Å²) in [5.74, 6) is 0.148. The molecule has 130 valence electrons. The monoisotopic (exact) mass is 338 g/mol. The van der Waals surface area contributed by atoms with Crippen molar-refractivity contribution >= 4 is 17.1 Å². The quantitative estimate of drug-likeness (QED) is 0.810. The Hall–Kier alpha value is -0.750. The first-order valence-electron chi connectivity index (χ1n) is 8.44. The van der Waals surface area contributed by atoms with Crippen LogP contribution >= 0.6 is 11.3 Å². The van der Waals surface area contributed by atoms with Crippen LogP contribution < -0.4 is 0 Å². The minimum absolute atomic E-state index is 0.148. The smallest absolute Gasteiger partial charge is 0.169 e. The number of aliphatic hydroxyl groups is 1. The highest BCUT2D eigenvalue weighted by molar-refractivity contribution is 7.12. The van der Waals surface area contributed by atoms with Crippen molar-refractivity contribution in [2.24, 2.45) is 5.41 Å². The molecule has 1 N–H and O–H groups in total. The molecular weight excluding hydrogens is 308 g/mol. The van der Waals surface area contributed by atoms with Crippen LogP contribution in [0.1, 0.15) is 49.4 Å². The number of hydrogen-bond donors (Lipinski definition) is 1. The van der Waals surface area contributed by atoms with E-state index in [-0.39, 0.29) is 17.8 Å². The van der Waals surface area contributed by atoms with Gasteiger partial charge in [-0.25, -0.2) is 0 Å². The predicted octanol–water partition coefficient (Wildman–Crippen LogP) is 2.87. The van der Waals surface area contributed by atoms with E-state index in [4.69, 9.17) is 0 Å². The van der Waals surface area contributed by atoms with Gasteiger partial charge < -0.3 is 5.11 Å². The van der Waals surface area contributed by atoms with Gasteiger partial charge in [-0.2, -0.15) is 0 Å². The molecule has 0 saturated carbocycles. The first kappa shape index (κ1) is 18.6. The van der Waals surface area contributed by atoms with E-state index in [9.17, 15) is 9.90 Å². The largest absolute Gasteiger partial charge is 0.396 e. The van der Waals surface area contributed by atoms with Gasteiger partial charge in [-0.3, -0.25) is 14.6 Å². The highest BCUT2D eigenvalue weighted by Crippen LogP contribution is 2.23. The van der Waals surface area contributed by atoms with Crippen molar-refractivity contribution < 1.29 is 9.90 Å². The van der Waals surface area contributed by atoms with Gasteiger partial charge >= 0.3 is 0 Å². The van der Waals surface area contributed by atoms with Crippen LogP contribution in [-0.4, -0.2) is 59.5 Å². The molecular formula is C18H30N2O2S. The molecule has 23 heavy (non-hydrogen) atoms. The van der Waals surface area contributed by atoms with Crippen LogP contribution in [0.5, 0.6) is 0 Å². The maximum absolute atomic E-state index is 11.4. The van der Waals surface area contributed by atoms with Gasteiger partial charge in [0.1, 0.15) is 0 Å². The second-order valence-corrected chi connectivity index (χ2v) is 8.72. The molecule has 1 atom stereocenters. The number of piperazine rings is 1. The Bertz CT molecular complexity index is 521. The molecule has 1 unspecified atom stereocenters. The summed E-state index contributed by atoms with van der Waals surface area (Å²) in [5, 5.41) is 11.5. The molecule has 1 aromatic rings. The summed E-state index contributed by atoms with van der Waals surface area (Å²) in [5.41, 5.74) is 1.51. The number of ketones is 1. The maximum atomic E-state index is 11.4. The molecule has 4 nitrogen and oxygen atoms in total. The van der Waals surface area contributed by atoms with Crippen LogP contribution in [0.15, 0.2) is 11.4 Å². The minimum atomic E-state index is 0.148. The van der Waals surface area contributed by atoms with Gasteiger partial charge in [-0.05, 0) is 35.8 Å². The average molecular weight is 339 g/mol. The van der Waals surface area contributed by atoms with Gasteiger partial charge in [0.25, 0.3) is 0 Å². The Morgan fingerprint density at radius 1 is 1.39 bits per heavy atom. The molecule has 1 aliphatic rings. The molecule has 0 amide bonds. The number of rotatable bonds is 6. The fraction of sp³-hybridized carbons (Fsp3) is 0.722. The minimum Gasteiger partial charge on any atom is -0.396 e. The second kappa shape index (κ2) is 7.88. The predicted molar refractivity (Wildman–Crippen MR) is 96.1 cm³/mol. The van der Waals surface area contributed by atoms with Crippen molar-refractivity contribution in [3.63, 3.8) is 0 Å². The zero-order valence-corrected chi connectivity index (χ0v) is 15.7. The van der Waals surface area contributed by atoms with Crippen molar-refractivity contribution in [3.8, 4) is 0 Å². The van der Waals surface area contributed by atoms with Crippen LogP contribution in [-0.2, 0) is 6.54 Å². The summed E-state index contributed by atoms with van der Waals surface area (Å²) >= 11 is 1.54. The highest BCUT2D eigenvalue weighted by atomic mass is 32.1. The Labute approximate surface area is 144 Å². The molecule has 0 aromatic carbocycles. The van der Waals surface area contributed by atoms with Gasteiger partial charge in [0, 0.05) is 45.4 Å². The summed E-state index contributed by atoms with van der Waals surface area (Å²) in [6, 6.07) is 2.44. The summed E-state index contributed by atoms with van der Waals surface area (Å²) in [6.07, 6.45) is 0.828. The lowest BCUT2D eigenvalue weighted by atomic mass is 9.94. The van der Waals surface area contributed by atoms with E-state index in [0.29, 0.717) is 6.04 Å². The Balaban J connectivity index is 1.96. The van der Waals surface area contributed by atoms with Crippen molar-refractivity contribution in [1.29, 1.82) is 0 Å². The lowest BCUT2D eigenvalue weighted by molar-refractivity contribution is 0.0340. The van der Waals surface area contributed by atoms with Gasteiger partial charge in [0.05, 0.1) is 4.88 Å². The SMILES string of the molecule is CC(=O)c1cc(CN2CCN(CC(C)(C)C)C(CCO)C2)cs1. The summed E-state index contributed by atoms with van der Waals surface area (Å²) in [7, 11) is 0. The number of thiophene rings is 1. The number of Topliss-reactive ketones (excluding diaryl/α,β-unsaturated/α-hetero) is 1. The van der Waals surface area contributed by atoms with Crippen LogP contribution in [0.4, 0.5) is 0 Å². The first-order chi connectivity index (χ1) is 10.8. The third-order valence-corrected chi connectivity index (χ3v) is 5.32. The Kier molecular flexibility index (Phi) is 6.37. The third kappa shape index (κ3) is 5.68. The van der Waals surface area contributed by atoms with Crippen molar-refractivity contribution in [1.82, 2.24) is 9.80 Å². The molecule has 0 aliphatic carbocycles. The lowest BCUT2D eigenvalue weighted by Gasteiger charge is -2.43. The van der Waals surface area contributed by atoms with Crippen LogP contribution in [0.3, 0.4) is 0 Å². The summed E-state index contributed by atoms with van der Waals surface area (Å²) in [6.45, 7) is 13.7. The van der Waals surface area contributed by atoms with E-state index < -0.39 is 0 Å². The molecule has 1 fully saturated rings. The third-order valence-electron chi connectivity index (χ3n) is 4.24. The number of aliphatic hydroxyl groups excluding tert-OH is 1. The van der Waals surface area contributed by atoms with E-state index in [1.165, 1.54) is 16.9 Å². The van der Waals surface area contributed by atoms with E-state index in [1.54, 1.807) is 6.92 Å². The molecule has 1 saturated heterocycles. The lowest BCUT2D eigenvalue weighted by Crippen LogP contribution is -2.54. The normalized spacial score (nSPS) is 20.8. The molecule has 0 bridgehead atoms. The fourth-order valence-electron chi connectivity index (χ4n) is 3.24. The molecule has 0 radical (unpaired) electrons. The molecule has 2 heterocycles. The second-order valence-electron chi connectivity index (χ2n) is 7.81. The molecule has 1 aliphatic heterocycles. The maximum Gasteiger partial charge on any atom is 0.169 e. The van der Waals surface area contributed by atoms with Crippen molar-refractivity contribution in [3.05, 3.63) is 21.9 Å². The number of nitrogens with zero attached hydrogens (tertiary/aromatic N) is 2. The van der Waals surface area contributed by atoms with Crippen molar-refractivity contribution in [2.75, 3.05) is 32.8 Å². The summed E-state index contributed by atoms with van der Waals surface area (Å²) < 4.78 is 0. The topological polar surface area (TPSA) is 43.8 Å². The molecule has 1 aromatic heterocycles. The van der Waals surface area contributed by atoms with Crippen LogP contribution in [0, 0.1) is 5.41 Å². The highest BCUT2D eigenvalue weighted by Gasteiger charge is 2.29. The van der Waals surface area contributed by atoms with Crippen molar-refractivity contribution in [2.45, 2.75) is 46.7 Å². The zero-order chi connectivity index (χ0) is 17.0. The Morgan fingerprint density at radius 3 is 2.70 bits per heavy atom. The average Bonchev–Trinajstić information content (AvgIpc) is 2.89. The number of carbonyl (C=O) groups is 1. The van der Waals surface area contributed by atoms with E-state index in [1.807, 2.05) is 6.07 Å². The van der Waals surface area contributed by atoms with Crippen LogP contribution in [0.25, 0.3) is 0 Å². The van der Waals surface area contributed by atoms with E-state index in [0.717, 1.165) is 44.0 Å². The number of hydrogen-bond acceptors (Lipinski definition) is 5. The zero-order valence-electron chi connectivity index (χ0n) is 14.8. The molecule has 2 rings (SSSR count). The van der Waals surface area contributed by atoms with Gasteiger partial charge in [0.15, 0.2) is 5.78 Å². The van der Waals surface area contributed by atoms with E-state index in [2.05, 4.69) is 36.0 Å². The van der Waals surface area contributed by atoms with Gasteiger partial charge in [-0.1, -0.05) is 20.8 Å². The van der Waals surface area contributed by atoms with Gasteiger partial charge in [0.2, 0.25) is 0 Å². The molecule has 0 spiro atoms.